The topological polar surface area (TPSA) is 93.1 Å². The molecule has 0 aliphatic carbocycles. The highest BCUT2D eigenvalue weighted by Crippen LogP contribution is 2.17. The summed E-state index contributed by atoms with van der Waals surface area (Å²) in [6.45, 7) is 0.584. The minimum Gasteiger partial charge on any atom is -0.325 e. The predicted octanol–water partition coefficient (Wildman–Crippen LogP) is 3.60. The zero-order chi connectivity index (χ0) is 24.0. The Labute approximate surface area is 197 Å². The van der Waals surface area contributed by atoms with E-state index in [4.69, 9.17) is 0 Å². The molecule has 0 saturated carbocycles. The fourth-order valence-electron chi connectivity index (χ4n) is 3.46. The molecule has 4 aromatic rings. The Kier molecular flexibility index (Phi) is 7.15. The van der Waals surface area contributed by atoms with Crippen LogP contribution >= 0.6 is 0 Å². The molecule has 7 nitrogen and oxygen atoms in total. The quantitative estimate of drug-likeness (QED) is 0.384. The van der Waals surface area contributed by atoms with Gasteiger partial charge in [-0.15, -0.1) is 0 Å². The maximum Gasteiger partial charge on any atom is 0.244 e. The standard InChI is InChI=1S/C25H23FN4O3S/c26-22-9-4-5-10-24(22)34(32,33)29-23(17-19-7-2-1-3-8-19)25(31)28-21-13-11-20(12-14-21)18-30-16-6-15-27-30/h1-16,23,29H,17-18H2,(H,28,31)/t23-/m0/s1. The number of hydrogen-bond acceptors (Lipinski definition) is 4. The van der Waals surface area contributed by atoms with Gasteiger partial charge in [0.2, 0.25) is 15.9 Å². The van der Waals surface area contributed by atoms with Crippen molar-refractivity contribution in [1.82, 2.24) is 14.5 Å². The molecule has 1 heterocycles. The van der Waals surface area contributed by atoms with Crippen LogP contribution in [-0.2, 0) is 27.8 Å². The molecular formula is C25H23FN4O3S. The van der Waals surface area contributed by atoms with Crippen LogP contribution in [0.2, 0.25) is 0 Å². The number of carbonyl (C=O) groups is 1. The molecule has 4 rings (SSSR count). The molecule has 0 spiro atoms. The second-order valence-electron chi connectivity index (χ2n) is 7.68. The lowest BCUT2D eigenvalue weighted by atomic mass is 10.1. The number of halogens is 1. The lowest BCUT2D eigenvalue weighted by Crippen LogP contribution is -2.45. The Bertz CT molecular complexity index is 1340. The van der Waals surface area contributed by atoms with Crippen molar-refractivity contribution in [2.75, 3.05) is 5.32 Å². The van der Waals surface area contributed by atoms with Gasteiger partial charge in [-0.1, -0.05) is 54.6 Å². The van der Waals surface area contributed by atoms with E-state index in [0.717, 1.165) is 23.3 Å². The second kappa shape index (κ2) is 10.4. The molecule has 1 aromatic heterocycles. The van der Waals surface area contributed by atoms with E-state index in [1.165, 1.54) is 12.1 Å². The Balaban J connectivity index is 1.52. The fraction of sp³-hybridized carbons (Fsp3) is 0.120. The molecule has 9 heteroatoms. The van der Waals surface area contributed by atoms with Crippen molar-refractivity contribution in [1.29, 1.82) is 0 Å². The Morgan fingerprint density at radius 1 is 0.912 bits per heavy atom. The third kappa shape index (κ3) is 5.94. The molecular weight excluding hydrogens is 455 g/mol. The lowest BCUT2D eigenvalue weighted by molar-refractivity contribution is -0.117. The molecule has 0 bridgehead atoms. The van der Waals surface area contributed by atoms with Crippen molar-refractivity contribution >= 4 is 21.6 Å². The van der Waals surface area contributed by atoms with Crippen LogP contribution in [0.5, 0.6) is 0 Å². The van der Waals surface area contributed by atoms with Gasteiger partial charge >= 0.3 is 0 Å². The maximum atomic E-state index is 14.2. The van der Waals surface area contributed by atoms with E-state index < -0.39 is 32.7 Å². The van der Waals surface area contributed by atoms with Crippen molar-refractivity contribution in [2.24, 2.45) is 0 Å². The number of anilines is 1. The van der Waals surface area contributed by atoms with Crippen molar-refractivity contribution in [2.45, 2.75) is 23.9 Å². The minimum absolute atomic E-state index is 0.0950. The average molecular weight is 479 g/mol. The molecule has 0 fully saturated rings. The Morgan fingerprint density at radius 3 is 2.29 bits per heavy atom. The summed E-state index contributed by atoms with van der Waals surface area (Å²) in [6.07, 6.45) is 3.65. The zero-order valence-corrected chi connectivity index (χ0v) is 19.0. The van der Waals surface area contributed by atoms with Gasteiger partial charge in [0.25, 0.3) is 0 Å². The van der Waals surface area contributed by atoms with Crippen molar-refractivity contribution < 1.29 is 17.6 Å². The molecule has 2 N–H and O–H groups in total. The number of aromatic nitrogens is 2. The van der Waals surface area contributed by atoms with E-state index in [1.807, 2.05) is 30.5 Å². The third-order valence-corrected chi connectivity index (χ3v) is 6.65. The molecule has 0 aliphatic heterocycles. The van der Waals surface area contributed by atoms with Crippen LogP contribution in [0.15, 0.2) is 102 Å². The van der Waals surface area contributed by atoms with E-state index in [2.05, 4.69) is 15.1 Å². The number of carbonyl (C=O) groups excluding carboxylic acids is 1. The normalized spacial score (nSPS) is 12.3. The van der Waals surface area contributed by atoms with Gasteiger partial charge in [0.15, 0.2) is 0 Å². The lowest BCUT2D eigenvalue weighted by Gasteiger charge is -2.19. The summed E-state index contributed by atoms with van der Waals surface area (Å²) in [6, 6.07) is 21.9. The number of nitrogens with one attached hydrogen (secondary N) is 2. The van der Waals surface area contributed by atoms with Crippen LogP contribution < -0.4 is 10.0 Å². The summed E-state index contributed by atoms with van der Waals surface area (Å²) in [7, 11) is -4.28. The number of sulfonamides is 1. The fourth-order valence-corrected chi connectivity index (χ4v) is 4.73. The van der Waals surface area contributed by atoms with Gasteiger partial charge in [0.05, 0.1) is 6.54 Å². The number of amides is 1. The van der Waals surface area contributed by atoms with E-state index >= 15 is 0 Å². The minimum atomic E-state index is -4.28. The number of rotatable bonds is 9. The molecule has 1 atom stereocenters. The molecule has 0 unspecified atom stereocenters. The van der Waals surface area contributed by atoms with E-state index in [-0.39, 0.29) is 6.42 Å². The first-order chi connectivity index (χ1) is 16.4. The van der Waals surface area contributed by atoms with Gasteiger partial charge in [-0.25, -0.2) is 12.8 Å². The smallest absolute Gasteiger partial charge is 0.244 e. The van der Waals surface area contributed by atoms with Crippen LogP contribution in [0, 0.1) is 5.82 Å². The summed E-state index contributed by atoms with van der Waals surface area (Å²) < 4.78 is 44.0. The summed E-state index contributed by atoms with van der Waals surface area (Å²) in [5.74, 6) is -1.44. The Morgan fingerprint density at radius 2 is 1.62 bits per heavy atom. The van der Waals surface area contributed by atoms with Crippen molar-refractivity contribution in [3.8, 4) is 0 Å². The number of nitrogens with zero attached hydrogens (tertiary/aromatic N) is 2. The number of benzene rings is 3. The van der Waals surface area contributed by atoms with E-state index in [9.17, 15) is 17.6 Å². The summed E-state index contributed by atoms with van der Waals surface area (Å²) in [5.41, 5.74) is 2.26. The average Bonchev–Trinajstić information content (AvgIpc) is 3.34. The van der Waals surface area contributed by atoms with Gasteiger partial charge < -0.3 is 5.32 Å². The first-order valence-electron chi connectivity index (χ1n) is 10.6. The highest BCUT2D eigenvalue weighted by Gasteiger charge is 2.28. The van der Waals surface area contributed by atoms with Crippen molar-refractivity contribution in [3.05, 3.63) is 114 Å². The van der Waals surface area contributed by atoms with Gasteiger partial charge in [0.1, 0.15) is 16.8 Å². The van der Waals surface area contributed by atoms with Gasteiger partial charge in [0, 0.05) is 18.1 Å². The molecule has 0 aliphatic rings. The summed E-state index contributed by atoms with van der Waals surface area (Å²) in [5, 5.41) is 6.92. The molecule has 34 heavy (non-hydrogen) atoms. The first-order valence-corrected chi connectivity index (χ1v) is 12.1. The summed E-state index contributed by atoms with van der Waals surface area (Å²) in [4.78, 5) is 12.6. The molecule has 174 valence electrons. The van der Waals surface area contributed by atoms with Gasteiger partial charge in [-0.05, 0) is 47.9 Å². The third-order valence-electron chi connectivity index (χ3n) is 5.15. The second-order valence-corrected chi connectivity index (χ2v) is 9.37. The predicted molar refractivity (Wildman–Crippen MR) is 127 cm³/mol. The number of hydrogen-bond donors (Lipinski definition) is 2. The summed E-state index contributed by atoms with van der Waals surface area (Å²) >= 11 is 0. The zero-order valence-electron chi connectivity index (χ0n) is 18.1. The highest BCUT2D eigenvalue weighted by atomic mass is 32.2. The van der Waals surface area contributed by atoms with Crippen LogP contribution in [0.3, 0.4) is 0 Å². The highest BCUT2D eigenvalue weighted by molar-refractivity contribution is 7.89. The van der Waals surface area contributed by atoms with Gasteiger partial charge in [-0.3, -0.25) is 9.48 Å². The van der Waals surface area contributed by atoms with E-state index in [0.29, 0.717) is 12.2 Å². The molecule has 1 amide bonds. The van der Waals surface area contributed by atoms with Crippen molar-refractivity contribution in [3.63, 3.8) is 0 Å². The first kappa shape index (κ1) is 23.3. The molecule has 3 aromatic carbocycles. The van der Waals surface area contributed by atoms with Crippen LogP contribution in [0.4, 0.5) is 10.1 Å². The maximum absolute atomic E-state index is 14.2. The monoisotopic (exact) mass is 478 g/mol. The SMILES string of the molecule is O=C(Nc1ccc(Cn2cccn2)cc1)[C@H](Cc1ccccc1)NS(=O)(=O)c1ccccc1F. The molecule has 0 radical (unpaired) electrons. The largest absolute Gasteiger partial charge is 0.325 e. The van der Waals surface area contributed by atoms with Crippen LogP contribution in [0.25, 0.3) is 0 Å². The van der Waals surface area contributed by atoms with E-state index in [1.54, 1.807) is 47.3 Å². The van der Waals surface area contributed by atoms with Crippen LogP contribution in [-0.4, -0.2) is 30.1 Å². The molecule has 0 saturated heterocycles. The Hall–Kier alpha value is -3.82. The van der Waals surface area contributed by atoms with Gasteiger partial charge in [-0.2, -0.15) is 9.82 Å². The van der Waals surface area contributed by atoms with Crippen LogP contribution in [0.1, 0.15) is 11.1 Å².